The van der Waals surface area contributed by atoms with Gasteiger partial charge in [0.05, 0.1) is 0 Å². The maximum absolute atomic E-state index is 14.1. The first kappa shape index (κ1) is 19.8. The average molecular weight is 411 g/mol. The molecule has 0 bridgehead atoms. The number of halogens is 1. The summed E-state index contributed by atoms with van der Waals surface area (Å²) in [6.07, 6.45) is 1.23. The van der Waals surface area contributed by atoms with Crippen molar-refractivity contribution in [2.45, 2.75) is 32.4 Å². The molecule has 1 amide bonds. The van der Waals surface area contributed by atoms with Gasteiger partial charge in [-0.05, 0) is 23.9 Å². The number of amides is 1. The van der Waals surface area contributed by atoms with Crippen LogP contribution in [0, 0.1) is 6.92 Å². The molecule has 3 rings (SSSR count). The van der Waals surface area contributed by atoms with E-state index in [1.54, 1.807) is 6.92 Å². The van der Waals surface area contributed by atoms with E-state index in [1.807, 2.05) is 11.6 Å². The molecule has 2 aromatic rings. The van der Waals surface area contributed by atoms with E-state index >= 15 is 0 Å². The summed E-state index contributed by atoms with van der Waals surface area (Å²) in [7, 11) is -4.83. The molecule has 1 atom stereocenters. The van der Waals surface area contributed by atoms with Gasteiger partial charge in [0.2, 0.25) is 17.5 Å². The Morgan fingerprint density at radius 1 is 1.29 bits per heavy atom. The van der Waals surface area contributed by atoms with Crippen molar-refractivity contribution < 1.29 is 27.9 Å². The van der Waals surface area contributed by atoms with Crippen LogP contribution in [0.3, 0.4) is 0 Å². The van der Waals surface area contributed by atoms with E-state index in [-0.39, 0.29) is 17.4 Å². The number of phenolic OH excluding ortho intramolecular Hbond substituents is 1. The topological polar surface area (TPSA) is 145 Å². The van der Waals surface area contributed by atoms with Crippen molar-refractivity contribution in [1.29, 1.82) is 0 Å². The number of aryl methyl sites for hydroxylation is 1. The number of anilines is 1. The van der Waals surface area contributed by atoms with Crippen molar-refractivity contribution in [3.05, 3.63) is 41.1 Å². The fourth-order valence-corrected chi connectivity index (χ4v) is 4.04. The van der Waals surface area contributed by atoms with Crippen LogP contribution >= 0.6 is 0 Å². The molecule has 1 saturated heterocycles. The quantitative estimate of drug-likeness (QED) is 0.533. The highest BCUT2D eigenvalue weighted by Gasteiger charge is 2.59. The van der Waals surface area contributed by atoms with E-state index in [2.05, 4.69) is 15.3 Å². The summed E-state index contributed by atoms with van der Waals surface area (Å²) in [5.41, 5.74) is -1.81. The standard InChI is InChI=1S/C16H18FN5O5S/c1-3-6-10-9(2)18-15(19-13(10)24)20-16(11-7-4-5-8-12(11)23)14(25)22(17)28(26,27)21-16/h4-5,7-8,21,23H,3,6H2,1-2H3,(H2,18,19,20,24). The molecule has 1 aromatic heterocycles. The number of phenols is 1. The molecule has 28 heavy (non-hydrogen) atoms. The zero-order valence-electron chi connectivity index (χ0n) is 15.0. The molecule has 4 N–H and O–H groups in total. The fourth-order valence-electron chi connectivity index (χ4n) is 2.97. The summed E-state index contributed by atoms with van der Waals surface area (Å²) < 4.78 is 38.8. The second kappa shape index (κ2) is 6.87. The average Bonchev–Trinajstić information content (AvgIpc) is 2.79. The van der Waals surface area contributed by atoms with Crippen LogP contribution in [-0.2, 0) is 27.1 Å². The first-order valence-electron chi connectivity index (χ1n) is 8.30. The van der Waals surface area contributed by atoms with Crippen molar-refractivity contribution in [2.24, 2.45) is 0 Å². The summed E-state index contributed by atoms with van der Waals surface area (Å²) in [6.45, 7) is 3.51. The summed E-state index contributed by atoms with van der Waals surface area (Å²) in [5.74, 6) is -2.70. The Balaban J connectivity index is 2.16. The monoisotopic (exact) mass is 411 g/mol. The van der Waals surface area contributed by atoms with Crippen molar-refractivity contribution in [2.75, 3.05) is 5.32 Å². The number of nitrogens with one attached hydrogen (secondary N) is 2. The molecule has 0 spiro atoms. The molecular formula is C16H18FN5O5S. The molecule has 1 aromatic carbocycles. The minimum atomic E-state index is -4.83. The van der Waals surface area contributed by atoms with Gasteiger partial charge in [-0.25, -0.2) is 4.98 Å². The van der Waals surface area contributed by atoms with Gasteiger partial charge in [0.1, 0.15) is 5.75 Å². The molecule has 2 heterocycles. The van der Waals surface area contributed by atoms with Gasteiger partial charge in [0.15, 0.2) is 0 Å². The van der Waals surface area contributed by atoms with Crippen LogP contribution in [0.4, 0.5) is 10.4 Å². The number of benzene rings is 1. The van der Waals surface area contributed by atoms with E-state index < -0.39 is 32.1 Å². The maximum Gasteiger partial charge on any atom is 0.333 e. The molecule has 0 saturated carbocycles. The molecule has 1 aliphatic rings. The maximum atomic E-state index is 14.1. The number of hydrogen-bond acceptors (Lipinski definition) is 8. The molecule has 12 heteroatoms. The van der Waals surface area contributed by atoms with Gasteiger partial charge in [-0.15, -0.1) is 0 Å². The lowest BCUT2D eigenvalue weighted by Crippen LogP contribution is -2.51. The third kappa shape index (κ3) is 3.10. The first-order valence-corrected chi connectivity index (χ1v) is 9.74. The van der Waals surface area contributed by atoms with E-state index in [1.165, 1.54) is 24.3 Å². The van der Waals surface area contributed by atoms with E-state index in [9.17, 15) is 27.9 Å². The highest BCUT2D eigenvalue weighted by molar-refractivity contribution is 7.88. The number of aromatic hydroxyl groups is 2. The Kier molecular flexibility index (Phi) is 4.85. The summed E-state index contributed by atoms with van der Waals surface area (Å²) in [5, 5.41) is 22.7. The van der Waals surface area contributed by atoms with Crippen LogP contribution < -0.4 is 10.0 Å². The van der Waals surface area contributed by atoms with Gasteiger partial charge in [0.25, 0.3) is 0 Å². The van der Waals surface area contributed by atoms with Crippen LogP contribution in [0.1, 0.15) is 30.2 Å². The lowest BCUT2D eigenvalue weighted by atomic mass is 9.98. The zero-order chi connectivity index (χ0) is 20.7. The van der Waals surface area contributed by atoms with E-state index in [0.717, 1.165) is 6.42 Å². The SMILES string of the molecule is CCCc1c(C)nc(NC2(c3ccccc3O)NS(=O)(=O)N(F)C2=O)nc1O. The van der Waals surface area contributed by atoms with Crippen molar-refractivity contribution in [1.82, 2.24) is 19.2 Å². The predicted octanol–water partition coefficient (Wildman–Crippen LogP) is 0.975. The van der Waals surface area contributed by atoms with Gasteiger partial charge >= 0.3 is 16.1 Å². The number of nitrogens with zero attached hydrogens (tertiary/aromatic N) is 3. The minimum Gasteiger partial charge on any atom is -0.508 e. The van der Waals surface area contributed by atoms with Gasteiger partial charge in [-0.3, -0.25) is 4.79 Å². The van der Waals surface area contributed by atoms with Gasteiger partial charge in [0, 0.05) is 16.8 Å². The lowest BCUT2D eigenvalue weighted by Gasteiger charge is -2.27. The van der Waals surface area contributed by atoms with Crippen LogP contribution in [-0.4, -0.2) is 39.0 Å². The lowest BCUT2D eigenvalue weighted by molar-refractivity contribution is -0.138. The van der Waals surface area contributed by atoms with Gasteiger partial charge in [-0.1, -0.05) is 36.0 Å². The second-order valence-corrected chi connectivity index (χ2v) is 7.68. The summed E-state index contributed by atoms with van der Waals surface area (Å²) in [4.78, 5) is 20.5. The number of carbonyl (C=O) groups excluding carboxylic acids is 1. The van der Waals surface area contributed by atoms with Crippen molar-refractivity contribution in [3.63, 3.8) is 0 Å². The number of hydrogen-bond donors (Lipinski definition) is 4. The third-order valence-electron chi connectivity index (χ3n) is 4.27. The number of aromatic nitrogens is 2. The molecule has 1 unspecified atom stereocenters. The van der Waals surface area contributed by atoms with E-state index in [4.69, 9.17) is 0 Å². The molecule has 1 aliphatic heterocycles. The Morgan fingerprint density at radius 3 is 2.50 bits per heavy atom. The Labute approximate surface area is 160 Å². The molecular weight excluding hydrogens is 393 g/mol. The molecule has 0 aliphatic carbocycles. The second-order valence-electron chi connectivity index (χ2n) is 6.20. The Morgan fingerprint density at radius 2 is 1.96 bits per heavy atom. The van der Waals surface area contributed by atoms with Gasteiger partial charge < -0.3 is 15.5 Å². The van der Waals surface area contributed by atoms with E-state index in [0.29, 0.717) is 17.7 Å². The predicted molar refractivity (Wildman–Crippen MR) is 95.8 cm³/mol. The Bertz CT molecular complexity index is 1020. The number of carbonyl (C=O) groups is 1. The third-order valence-corrected chi connectivity index (χ3v) is 5.43. The van der Waals surface area contributed by atoms with Crippen LogP contribution in [0.5, 0.6) is 11.6 Å². The minimum absolute atomic E-state index is 0.262. The smallest absolute Gasteiger partial charge is 0.333 e. The highest BCUT2D eigenvalue weighted by Crippen LogP contribution is 2.37. The fraction of sp³-hybridized carbons (Fsp3) is 0.312. The number of rotatable bonds is 5. The zero-order valence-corrected chi connectivity index (χ0v) is 15.8. The van der Waals surface area contributed by atoms with Crippen LogP contribution in [0.15, 0.2) is 24.3 Å². The summed E-state index contributed by atoms with van der Waals surface area (Å²) in [6, 6.07) is 5.31. The number of para-hydroxylation sites is 1. The molecule has 150 valence electrons. The highest BCUT2D eigenvalue weighted by atomic mass is 32.2. The summed E-state index contributed by atoms with van der Waals surface area (Å²) >= 11 is 0. The largest absolute Gasteiger partial charge is 0.508 e. The van der Waals surface area contributed by atoms with Crippen LogP contribution in [0.2, 0.25) is 0 Å². The van der Waals surface area contributed by atoms with Gasteiger partial charge in [-0.2, -0.15) is 18.1 Å². The van der Waals surface area contributed by atoms with Crippen molar-refractivity contribution in [3.8, 4) is 11.6 Å². The Hall–Kier alpha value is -2.99. The molecule has 10 nitrogen and oxygen atoms in total. The first-order chi connectivity index (χ1) is 13.1. The molecule has 0 radical (unpaired) electrons. The molecule has 1 fully saturated rings. The normalized spacial score (nSPS) is 21.1. The van der Waals surface area contributed by atoms with Crippen LogP contribution in [0.25, 0.3) is 0 Å². The van der Waals surface area contributed by atoms with Crippen molar-refractivity contribution >= 4 is 22.1 Å².